The van der Waals surface area contributed by atoms with Gasteiger partial charge < -0.3 is 10.4 Å². The molecular weight excluding hydrogens is 350 g/mol. The normalized spacial score (nSPS) is 20.2. The number of amides is 1. The van der Waals surface area contributed by atoms with Crippen LogP contribution in [0.1, 0.15) is 59.3 Å². The van der Waals surface area contributed by atoms with E-state index in [1.807, 2.05) is 0 Å². The third-order valence-electron chi connectivity index (χ3n) is 5.92. The van der Waals surface area contributed by atoms with Crippen LogP contribution in [0.5, 0.6) is 5.75 Å². The molecule has 1 saturated heterocycles. The first kappa shape index (κ1) is 18.9. The zero-order chi connectivity index (χ0) is 19.3. The predicted octanol–water partition coefficient (Wildman–Crippen LogP) is 3.45. The molecule has 1 fully saturated rings. The molecule has 0 unspecified atom stereocenters. The van der Waals surface area contributed by atoms with Crippen molar-refractivity contribution in [2.45, 2.75) is 57.5 Å². The van der Waals surface area contributed by atoms with Crippen LogP contribution in [0.2, 0.25) is 0 Å². The van der Waals surface area contributed by atoms with Crippen molar-refractivity contribution in [2.24, 2.45) is 0 Å². The number of carbonyl (C=O) groups is 1. The summed E-state index contributed by atoms with van der Waals surface area (Å²) in [6, 6.07) is 10.1. The minimum absolute atomic E-state index is 0.0686. The van der Waals surface area contributed by atoms with Crippen molar-refractivity contribution in [3.8, 4) is 5.75 Å². The maximum Gasteiger partial charge on any atom is 0.270 e. The second kappa shape index (κ2) is 8.74. The van der Waals surface area contributed by atoms with Crippen molar-refractivity contribution in [3.05, 3.63) is 58.9 Å². The summed E-state index contributed by atoms with van der Waals surface area (Å²) in [5.41, 5.74) is 4.53. The van der Waals surface area contributed by atoms with E-state index in [1.54, 1.807) is 6.07 Å². The van der Waals surface area contributed by atoms with Gasteiger partial charge >= 0.3 is 0 Å². The number of carbonyl (C=O) groups excluding carboxylic acids is 1. The maximum atomic E-state index is 12.4. The lowest BCUT2D eigenvalue weighted by Crippen LogP contribution is -2.39. The number of hydrogen-bond donors (Lipinski definition) is 2. The lowest BCUT2D eigenvalue weighted by molar-refractivity contribution is 0.0928. The van der Waals surface area contributed by atoms with Gasteiger partial charge in [-0.15, -0.1) is 0 Å². The Bertz CT molecular complexity index is 811. The number of nitrogens with one attached hydrogen (secondary N) is 1. The van der Waals surface area contributed by atoms with Gasteiger partial charge in [-0.2, -0.15) is 0 Å². The minimum Gasteiger partial charge on any atom is -0.506 e. The van der Waals surface area contributed by atoms with Crippen LogP contribution >= 0.6 is 0 Å². The molecule has 1 aromatic carbocycles. The molecule has 1 aliphatic heterocycles. The molecule has 0 saturated carbocycles. The molecule has 5 heteroatoms. The number of pyridine rings is 1. The van der Waals surface area contributed by atoms with Crippen molar-refractivity contribution in [1.82, 2.24) is 15.2 Å². The molecule has 2 aromatic rings. The fraction of sp³-hybridized carbons (Fsp3) is 0.478. The van der Waals surface area contributed by atoms with Gasteiger partial charge in [0.1, 0.15) is 11.4 Å². The van der Waals surface area contributed by atoms with E-state index in [-0.39, 0.29) is 17.7 Å². The Balaban J connectivity index is 1.36. The first-order valence-corrected chi connectivity index (χ1v) is 10.5. The molecule has 1 aliphatic carbocycles. The topological polar surface area (TPSA) is 65.5 Å². The van der Waals surface area contributed by atoms with Crippen LogP contribution in [0.4, 0.5) is 0 Å². The van der Waals surface area contributed by atoms with E-state index >= 15 is 0 Å². The van der Waals surface area contributed by atoms with Crippen LogP contribution in [0.3, 0.4) is 0 Å². The largest absolute Gasteiger partial charge is 0.506 e. The minimum atomic E-state index is -0.175. The molecular formula is C23H29N3O2. The average Bonchev–Trinajstić information content (AvgIpc) is 2.97. The van der Waals surface area contributed by atoms with Crippen molar-refractivity contribution in [3.63, 3.8) is 0 Å². The van der Waals surface area contributed by atoms with E-state index in [0.717, 1.165) is 25.8 Å². The summed E-state index contributed by atoms with van der Waals surface area (Å²) in [5.74, 6) is -0.106. The lowest BCUT2D eigenvalue weighted by atomic mass is 9.87. The Morgan fingerprint density at radius 2 is 1.93 bits per heavy atom. The van der Waals surface area contributed by atoms with E-state index < -0.39 is 0 Å². The number of aromatic hydroxyl groups is 1. The van der Waals surface area contributed by atoms with Crippen LogP contribution in [0.25, 0.3) is 0 Å². The molecule has 4 rings (SSSR count). The van der Waals surface area contributed by atoms with Gasteiger partial charge in [0.2, 0.25) is 0 Å². The number of aryl methyl sites for hydroxylation is 1. The Labute approximate surface area is 166 Å². The third kappa shape index (κ3) is 4.71. The fourth-order valence-electron chi connectivity index (χ4n) is 4.36. The van der Waals surface area contributed by atoms with Gasteiger partial charge in [-0.1, -0.05) is 31.0 Å². The van der Waals surface area contributed by atoms with Gasteiger partial charge in [-0.3, -0.25) is 9.69 Å². The summed E-state index contributed by atoms with van der Waals surface area (Å²) in [4.78, 5) is 19.0. The number of benzene rings is 1. The molecule has 0 radical (unpaired) electrons. The van der Waals surface area contributed by atoms with Crippen LogP contribution < -0.4 is 5.32 Å². The zero-order valence-corrected chi connectivity index (χ0v) is 16.4. The van der Waals surface area contributed by atoms with Crippen LogP contribution in [0, 0.1) is 0 Å². The summed E-state index contributed by atoms with van der Waals surface area (Å²) in [7, 11) is 0. The summed E-state index contributed by atoms with van der Waals surface area (Å²) in [6.07, 6.45) is 9.49. The molecule has 1 amide bonds. The molecule has 148 valence electrons. The highest BCUT2D eigenvalue weighted by molar-refractivity contribution is 5.92. The number of rotatable bonds is 4. The first-order chi connectivity index (χ1) is 13.7. The molecule has 28 heavy (non-hydrogen) atoms. The Morgan fingerprint density at radius 3 is 2.68 bits per heavy atom. The van der Waals surface area contributed by atoms with E-state index in [0.29, 0.717) is 5.69 Å². The zero-order valence-electron chi connectivity index (χ0n) is 16.4. The number of aromatic nitrogens is 1. The highest BCUT2D eigenvalue weighted by Crippen LogP contribution is 2.24. The van der Waals surface area contributed by atoms with Gasteiger partial charge in [0.15, 0.2) is 0 Å². The highest BCUT2D eigenvalue weighted by atomic mass is 16.3. The number of fused-ring (bicyclic) bond motifs is 1. The van der Waals surface area contributed by atoms with Crippen molar-refractivity contribution in [2.75, 3.05) is 13.1 Å². The average molecular weight is 380 g/mol. The monoisotopic (exact) mass is 379 g/mol. The molecule has 5 nitrogen and oxygen atoms in total. The number of likely N-dealkylation sites (tertiary alicyclic amines) is 1. The van der Waals surface area contributed by atoms with Crippen LogP contribution in [-0.2, 0) is 19.4 Å². The molecule has 2 N–H and O–H groups in total. The van der Waals surface area contributed by atoms with E-state index in [1.165, 1.54) is 67.7 Å². The second-order valence-electron chi connectivity index (χ2n) is 8.11. The van der Waals surface area contributed by atoms with E-state index in [9.17, 15) is 9.90 Å². The van der Waals surface area contributed by atoms with E-state index in [2.05, 4.69) is 33.4 Å². The van der Waals surface area contributed by atoms with Gasteiger partial charge in [0.25, 0.3) is 5.91 Å². The first-order valence-electron chi connectivity index (χ1n) is 10.5. The Hall–Kier alpha value is -2.40. The van der Waals surface area contributed by atoms with Crippen molar-refractivity contribution < 1.29 is 9.90 Å². The highest BCUT2D eigenvalue weighted by Gasteiger charge is 2.22. The van der Waals surface area contributed by atoms with Gasteiger partial charge in [0, 0.05) is 12.6 Å². The van der Waals surface area contributed by atoms with Gasteiger partial charge in [0.05, 0.1) is 6.20 Å². The number of hydrogen-bond acceptors (Lipinski definition) is 4. The predicted molar refractivity (Wildman–Crippen MR) is 109 cm³/mol. The summed E-state index contributed by atoms with van der Waals surface area (Å²) < 4.78 is 0. The van der Waals surface area contributed by atoms with Crippen LogP contribution in [-0.4, -0.2) is 40.0 Å². The standard InChI is InChI=1S/C23H29N3O2/c27-21-9-10-22(24-15-21)23(28)25-20-8-7-18-13-17(5-6-19(18)14-20)16-26-11-3-1-2-4-12-26/h5-6,9-10,13,15,20,27H,1-4,7-8,11-12,14,16H2,(H,25,28)/t20-/m0/s1. The summed E-state index contributed by atoms with van der Waals surface area (Å²) >= 11 is 0. The van der Waals surface area contributed by atoms with E-state index in [4.69, 9.17) is 0 Å². The second-order valence-corrected chi connectivity index (χ2v) is 8.11. The molecule has 0 spiro atoms. The Kier molecular flexibility index (Phi) is 5.91. The maximum absolute atomic E-state index is 12.4. The third-order valence-corrected chi connectivity index (χ3v) is 5.92. The molecule has 2 heterocycles. The summed E-state index contributed by atoms with van der Waals surface area (Å²) in [5, 5.41) is 12.4. The summed E-state index contributed by atoms with van der Waals surface area (Å²) in [6.45, 7) is 3.49. The lowest BCUT2D eigenvalue weighted by Gasteiger charge is -2.27. The van der Waals surface area contributed by atoms with Gasteiger partial charge in [-0.05, 0) is 74.0 Å². The molecule has 2 aliphatic rings. The van der Waals surface area contributed by atoms with Gasteiger partial charge in [-0.25, -0.2) is 4.98 Å². The fourth-order valence-corrected chi connectivity index (χ4v) is 4.36. The molecule has 1 aromatic heterocycles. The smallest absolute Gasteiger partial charge is 0.270 e. The van der Waals surface area contributed by atoms with Crippen molar-refractivity contribution >= 4 is 5.91 Å². The van der Waals surface area contributed by atoms with Crippen LogP contribution in [0.15, 0.2) is 36.5 Å². The number of nitrogens with zero attached hydrogens (tertiary/aromatic N) is 2. The SMILES string of the molecule is O=C(N[C@H]1CCc2cc(CN3CCCCCC3)ccc2C1)c1ccc(O)cn1. The quantitative estimate of drug-likeness (QED) is 0.854. The van der Waals surface area contributed by atoms with Crippen molar-refractivity contribution in [1.29, 1.82) is 0 Å². The Morgan fingerprint density at radius 1 is 1.11 bits per heavy atom. The molecule has 0 bridgehead atoms. The molecule has 1 atom stereocenters.